The number of carbonyl (C=O) groups is 2. The number of hydrogen-bond acceptors (Lipinski definition) is 3. The van der Waals surface area contributed by atoms with Gasteiger partial charge in [-0.15, -0.1) is 0 Å². The first kappa shape index (κ1) is 18.3. The molecule has 7 heteroatoms. The van der Waals surface area contributed by atoms with Gasteiger partial charge in [0.05, 0.1) is 15.7 Å². The Labute approximate surface area is 134 Å². The lowest BCUT2D eigenvalue weighted by atomic mass is 9.58. The zero-order valence-corrected chi connectivity index (χ0v) is 13.8. The van der Waals surface area contributed by atoms with E-state index < -0.39 is 5.34 Å². The Balaban J connectivity index is 3.16. The third-order valence-electron chi connectivity index (χ3n) is 3.58. The number of aromatic nitrogens is 1. The van der Waals surface area contributed by atoms with Crippen molar-refractivity contribution in [3.63, 3.8) is 0 Å². The Morgan fingerprint density at radius 1 is 1.27 bits per heavy atom. The third-order valence-corrected chi connectivity index (χ3v) is 3.58. The van der Waals surface area contributed by atoms with E-state index in [4.69, 9.17) is 15.7 Å². The first-order valence-corrected chi connectivity index (χ1v) is 7.21. The van der Waals surface area contributed by atoms with Crippen molar-refractivity contribution in [1.82, 2.24) is 14.8 Å². The van der Waals surface area contributed by atoms with E-state index in [-0.39, 0.29) is 29.1 Å². The Kier molecular flexibility index (Phi) is 5.80. The van der Waals surface area contributed by atoms with Gasteiger partial charge in [0.25, 0.3) is 5.91 Å². The molecule has 1 heterocycles. The van der Waals surface area contributed by atoms with Crippen LogP contribution in [-0.2, 0) is 10.1 Å². The van der Waals surface area contributed by atoms with E-state index in [1.165, 1.54) is 16.8 Å². The van der Waals surface area contributed by atoms with E-state index >= 15 is 0 Å². The van der Waals surface area contributed by atoms with E-state index in [0.717, 1.165) is 0 Å². The summed E-state index contributed by atoms with van der Waals surface area (Å²) in [7, 11) is 15.4. The van der Waals surface area contributed by atoms with Crippen molar-refractivity contribution in [2.45, 2.75) is 26.1 Å². The predicted molar refractivity (Wildman–Crippen MR) is 87.7 cm³/mol. The molecule has 0 unspecified atom stereocenters. The molecule has 0 atom stereocenters. The fourth-order valence-electron chi connectivity index (χ4n) is 1.86. The molecule has 0 aromatic carbocycles. The highest BCUT2D eigenvalue weighted by Crippen LogP contribution is 2.21. The van der Waals surface area contributed by atoms with Gasteiger partial charge in [-0.2, -0.15) is 0 Å². The Hall–Kier alpha value is -1.78. The molecule has 0 N–H and O–H groups in total. The molecule has 0 aliphatic carbocycles. The zero-order valence-electron chi connectivity index (χ0n) is 13.8. The van der Waals surface area contributed by atoms with Gasteiger partial charge in [-0.05, 0) is 19.1 Å². The van der Waals surface area contributed by atoms with Crippen LogP contribution in [0.1, 0.15) is 37.0 Å². The number of hydrogen-bond donors (Lipinski definition) is 0. The smallest absolute Gasteiger partial charge is 0.272 e. The summed E-state index contributed by atoms with van der Waals surface area (Å²) in [6.07, 6.45) is 0. The summed E-state index contributed by atoms with van der Waals surface area (Å²) in [5.74, 6) is -0.667. The number of pyridine rings is 1. The van der Waals surface area contributed by atoms with Gasteiger partial charge < -0.3 is 9.80 Å². The second-order valence-corrected chi connectivity index (χ2v) is 5.60. The fraction of sp³-hybridized carbons (Fsp3) is 0.533. The van der Waals surface area contributed by atoms with Gasteiger partial charge in [0, 0.05) is 37.6 Å². The van der Waals surface area contributed by atoms with Crippen LogP contribution in [0.25, 0.3) is 0 Å². The van der Waals surface area contributed by atoms with Gasteiger partial charge >= 0.3 is 0 Å². The van der Waals surface area contributed by atoms with Gasteiger partial charge in [0.1, 0.15) is 5.69 Å². The van der Waals surface area contributed by atoms with Crippen LogP contribution in [0.2, 0.25) is 0 Å². The highest BCUT2D eigenvalue weighted by Gasteiger charge is 2.31. The second kappa shape index (κ2) is 6.99. The molecule has 1 rings (SSSR count). The fourth-order valence-corrected chi connectivity index (χ4v) is 1.86. The number of nitrogens with zero attached hydrogens (tertiary/aromatic N) is 3. The number of rotatable bonds is 5. The summed E-state index contributed by atoms with van der Waals surface area (Å²) >= 11 is 0. The van der Waals surface area contributed by atoms with Crippen molar-refractivity contribution in [3.05, 3.63) is 29.6 Å². The Morgan fingerprint density at radius 3 is 2.36 bits per heavy atom. The van der Waals surface area contributed by atoms with Gasteiger partial charge in [0.2, 0.25) is 5.91 Å². The molecule has 0 saturated carbocycles. The minimum Gasteiger partial charge on any atom is -0.352 e. The number of amides is 2. The van der Waals surface area contributed by atoms with Crippen LogP contribution in [0, 0.1) is 5.92 Å². The van der Waals surface area contributed by atoms with Crippen LogP contribution in [0.4, 0.5) is 0 Å². The van der Waals surface area contributed by atoms with E-state index in [1.54, 1.807) is 39.1 Å². The summed E-state index contributed by atoms with van der Waals surface area (Å²) in [4.78, 5) is 31.3. The minimum absolute atomic E-state index is 0.200. The van der Waals surface area contributed by atoms with E-state index in [0.29, 0.717) is 6.54 Å². The monoisotopic (exact) mass is 297 g/mol. The molecular formula is C15H21B2N3O2. The Morgan fingerprint density at radius 2 is 1.86 bits per heavy atom. The lowest BCUT2D eigenvalue weighted by molar-refractivity contribution is -0.134. The molecule has 2 amide bonds. The molecule has 114 valence electrons. The van der Waals surface area contributed by atoms with Gasteiger partial charge in [-0.3, -0.25) is 9.59 Å². The molecule has 4 radical (unpaired) electrons. The highest BCUT2D eigenvalue weighted by molar-refractivity contribution is 6.40. The summed E-state index contributed by atoms with van der Waals surface area (Å²) in [6, 6.07) is 4.85. The van der Waals surface area contributed by atoms with Gasteiger partial charge in [-0.1, -0.05) is 19.9 Å². The van der Waals surface area contributed by atoms with Gasteiger partial charge in [-0.25, -0.2) is 4.98 Å². The molecule has 0 fully saturated rings. The van der Waals surface area contributed by atoms with E-state index in [9.17, 15) is 9.59 Å². The molecule has 1 aromatic heterocycles. The van der Waals surface area contributed by atoms with Gasteiger partial charge in [0.15, 0.2) is 0 Å². The number of carbonyl (C=O) groups excluding carboxylic acids is 2. The predicted octanol–water partition coefficient (Wildman–Crippen LogP) is 0.735. The van der Waals surface area contributed by atoms with Crippen molar-refractivity contribution in [2.24, 2.45) is 5.92 Å². The molecule has 0 aliphatic rings. The van der Waals surface area contributed by atoms with Crippen LogP contribution in [-0.4, -0.2) is 62.9 Å². The summed E-state index contributed by atoms with van der Waals surface area (Å²) in [5.41, 5.74) is 0.506. The summed E-state index contributed by atoms with van der Waals surface area (Å²) in [5, 5.41) is -1.58. The first-order valence-electron chi connectivity index (χ1n) is 7.21. The van der Waals surface area contributed by atoms with Crippen LogP contribution < -0.4 is 0 Å². The summed E-state index contributed by atoms with van der Waals surface area (Å²) < 4.78 is 0. The van der Waals surface area contributed by atoms with Crippen molar-refractivity contribution < 1.29 is 9.59 Å². The molecule has 1 aromatic rings. The second-order valence-electron chi connectivity index (χ2n) is 5.60. The van der Waals surface area contributed by atoms with Crippen molar-refractivity contribution in [1.29, 1.82) is 0 Å². The first-order chi connectivity index (χ1) is 10.1. The maximum absolute atomic E-state index is 12.2. The maximum atomic E-state index is 12.2. The molecule has 22 heavy (non-hydrogen) atoms. The molecule has 0 saturated heterocycles. The van der Waals surface area contributed by atoms with Crippen LogP contribution in [0.5, 0.6) is 0 Å². The maximum Gasteiger partial charge on any atom is 0.272 e. The van der Waals surface area contributed by atoms with Crippen molar-refractivity contribution in [2.75, 3.05) is 20.6 Å². The van der Waals surface area contributed by atoms with E-state index in [1.807, 2.05) is 6.92 Å². The normalized spacial score (nSPS) is 11.4. The molecular weight excluding hydrogens is 276 g/mol. The third kappa shape index (κ3) is 3.70. The zero-order chi connectivity index (χ0) is 17.1. The molecule has 0 bridgehead atoms. The molecule has 5 nitrogen and oxygen atoms in total. The summed E-state index contributed by atoms with van der Waals surface area (Å²) in [6.45, 7) is 5.96. The largest absolute Gasteiger partial charge is 0.352 e. The topological polar surface area (TPSA) is 53.5 Å². The molecule has 0 spiro atoms. The minimum atomic E-state index is -1.58. The average Bonchev–Trinajstić information content (AvgIpc) is 2.51. The lowest BCUT2D eigenvalue weighted by Crippen LogP contribution is -2.50. The average molecular weight is 297 g/mol. The Bertz CT molecular complexity index is 561. The SMILES string of the molecule is [B]C([B])(c1cccc(C(=O)N(C)CC)n1)N(C)C(=O)C(C)C. The highest BCUT2D eigenvalue weighted by atomic mass is 16.2. The van der Waals surface area contributed by atoms with E-state index in [2.05, 4.69) is 4.98 Å². The van der Waals surface area contributed by atoms with Crippen LogP contribution in [0.3, 0.4) is 0 Å². The lowest BCUT2D eigenvalue weighted by Gasteiger charge is -2.38. The molecule has 0 aliphatic heterocycles. The quantitative estimate of drug-likeness (QED) is 0.753. The standard InChI is InChI=1S/C15H21B2N3O2/c1-6-19(4)14(22)11-8-7-9-12(18-11)15(16,17)20(5)13(21)10(2)3/h7-10H,6H2,1-5H3. The van der Waals surface area contributed by atoms with Crippen molar-refractivity contribution >= 4 is 27.5 Å². The van der Waals surface area contributed by atoms with Crippen LogP contribution in [0.15, 0.2) is 18.2 Å². The van der Waals surface area contributed by atoms with Crippen LogP contribution >= 0.6 is 0 Å². The van der Waals surface area contributed by atoms with Crippen molar-refractivity contribution in [3.8, 4) is 0 Å².